The summed E-state index contributed by atoms with van der Waals surface area (Å²) in [6, 6.07) is 7.96. The number of carbonyl (C=O) groups excluding carboxylic acids is 1. The van der Waals surface area contributed by atoms with Crippen LogP contribution in [0.25, 0.3) is 0 Å². The van der Waals surface area contributed by atoms with E-state index in [0.29, 0.717) is 6.04 Å². The van der Waals surface area contributed by atoms with Gasteiger partial charge in [-0.05, 0) is 32.4 Å². The molecule has 1 aromatic rings. The second kappa shape index (κ2) is 7.75. The van der Waals surface area contributed by atoms with Crippen molar-refractivity contribution in [3.8, 4) is 0 Å². The molecule has 1 amide bonds. The number of benzene rings is 1. The fraction of sp³-hybridized carbons (Fsp3) is 0.533. The molecular weight excluding hydrogens is 224 g/mol. The molecule has 0 spiro atoms. The minimum atomic E-state index is 0.00912. The summed E-state index contributed by atoms with van der Waals surface area (Å²) in [6.07, 6.45) is 3.37. The largest absolute Gasteiger partial charge is 0.382 e. The molecule has 3 nitrogen and oxygen atoms in total. The highest BCUT2D eigenvalue weighted by atomic mass is 16.1. The number of para-hydroxylation sites is 1. The summed E-state index contributed by atoms with van der Waals surface area (Å²) in [4.78, 5) is 12.1. The van der Waals surface area contributed by atoms with E-state index in [9.17, 15) is 4.79 Å². The van der Waals surface area contributed by atoms with Crippen molar-refractivity contribution in [2.75, 3.05) is 11.9 Å². The van der Waals surface area contributed by atoms with Crippen LogP contribution in [0.4, 0.5) is 5.69 Å². The third-order valence-electron chi connectivity index (χ3n) is 2.68. The van der Waals surface area contributed by atoms with E-state index in [1.807, 2.05) is 24.3 Å². The molecule has 0 aliphatic carbocycles. The first-order valence-electron chi connectivity index (χ1n) is 6.79. The molecule has 0 radical (unpaired) electrons. The quantitative estimate of drug-likeness (QED) is 0.726. The fourth-order valence-electron chi connectivity index (χ4n) is 1.79. The van der Waals surface area contributed by atoms with Crippen molar-refractivity contribution in [3.63, 3.8) is 0 Å². The summed E-state index contributed by atoms with van der Waals surface area (Å²) in [6.45, 7) is 7.04. The van der Waals surface area contributed by atoms with Crippen LogP contribution in [0.15, 0.2) is 24.3 Å². The van der Waals surface area contributed by atoms with Crippen LogP contribution < -0.4 is 10.6 Å². The summed E-state index contributed by atoms with van der Waals surface area (Å²) in [5.41, 5.74) is 1.63. The number of carbonyl (C=O) groups is 1. The van der Waals surface area contributed by atoms with Crippen LogP contribution in [0.2, 0.25) is 0 Å². The minimum Gasteiger partial charge on any atom is -0.382 e. The Morgan fingerprint density at radius 1 is 1.22 bits per heavy atom. The van der Waals surface area contributed by atoms with Crippen LogP contribution >= 0.6 is 0 Å². The average molecular weight is 248 g/mol. The van der Waals surface area contributed by atoms with Crippen molar-refractivity contribution >= 4 is 11.6 Å². The summed E-state index contributed by atoms with van der Waals surface area (Å²) in [5, 5.41) is 6.26. The second-order valence-corrected chi connectivity index (χ2v) is 4.81. The van der Waals surface area contributed by atoms with Crippen molar-refractivity contribution in [3.05, 3.63) is 29.8 Å². The number of nitrogens with one attached hydrogen (secondary N) is 2. The summed E-state index contributed by atoms with van der Waals surface area (Å²) < 4.78 is 0. The van der Waals surface area contributed by atoms with Crippen LogP contribution in [-0.4, -0.2) is 18.5 Å². The standard InChI is InChI=1S/C15H24N2O/c1-4-5-8-11-16-15(18)13-9-6-7-10-14(13)17-12(2)3/h6-7,9-10,12,17H,4-5,8,11H2,1-3H3,(H,16,18). The van der Waals surface area contributed by atoms with Gasteiger partial charge in [-0.25, -0.2) is 0 Å². The molecule has 18 heavy (non-hydrogen) atoms. The lowest BCUT2D eigenvalue weighted by atomic mass is 10.1. The number of anilines is 1. The number of unbranched alkanes of at least 4 members (excludes halogenated alkanes) is 2. The maximum atomic E-state index is 12.1. The third kappa shape index (κ3) is 4.78. The Labute approximate surface area is 110 Å². The molecule has 0 aromatic heterocycles. The molecule has 2 N–H and O–H groups in total. The molecule has 0 saturated carbocycles. The maximum Gasteiger partial charge on any atom is 0.253 e. The van der Waals surface area contributed by atoms with E-state index in [-0.39, 0.29) is 5.91 Å². The van der Waals surface area contributed by atoms with Crippen LogP contribution in [0.3, 0.4) is 0 Å². The first-order valence-corrected chi connectivity index (χ1v) is 6.79. The van der Waals surface area contributed by atoms with Gasteiger partial charge in [-0.15, -0.1) is 0 Å². The van der Waals surface area contributed by atoms with Gasteiger partial charge in [0, 0.05) is 18.3 Å². The van der Waals surface area contributed by atoms with Crippen molar-refractivity contribution in [1.82, 2.24) is 5.32 Å². The second-order valence-electron chi connectivity index (χ2n) is 4.81. The van der Waals surface area contributed by atoms with Crippen molar-refractivity contribution < 1.29 is 4.79 Å². The van der Waals surface area contributed by atoms with Gasteiger partial charge in [0.1, 0.15) is 0 Å². The number of hydrogen-bond acceptors (Lipinski definition) is 2. The lowest BCUT2D eigenvalue weighted by Gasteiger charge is -2.14. The van der Waals surface area contributed by atoms with Crippen molar-refractivity contribution in [1.29, 1.82) is 0 Å². The van der Waals surface area contributed by atoms with Crippen molar-refractivity contribution in [2.45, 2.75) is 46.1 Å². The molecule has 0 unspecified atom stereocenters. The zero-order chi connectivity index (χ0) is 13.4. The average Bonchev–Trinajstić information content (AvgIpc) is 2.34. The molecule has 0 bridgehead atoms. The van der Waals surface area contributed by atoms with E-state index in [0.717, 1.165) is 30.6 Å². The van der Waals surface area contributed by atoms with Gasteiger partial charge in [-0.3, -0.25) is 4.79 Å². The topological polar surface area (TPSA) is 41.1 Å². The van der Waals surface area contributed by atoms with Gasteiger partial charge in [-0.2, -0.15) is 0 Å². The zero-order valence-electron chi connectivity index (χ0n) is 11.6. The van der Waals surface area contributed by atoms with E-state index >= 15 is 0 Å². The van der Waals surface area contributed by atoms with Crippen LogP contribution in [0.1, 0.15) is 50.4 Å². The van der Waals surface area contributed by atoms with E-state index in [4.69, 9.17) is 0 Å². The fourth-order valence-corrected chi connectivity index (χ4v) is 1.79. The molecule has 100 valence electrons. The van der Waals surface area contributed by atoms with Crippen LogP contribution in [0, 0.1) is 0 Å². The van der Waals surface area contributed by atoms with Gasteiger partial charge < -0.3 is 10.6 Å². The monoisotopic (exact) mass is 248 g/mol. The molecule has 0 heterocycles. The molecule has 0 fully saturated rings. The highest BCUT2D eigenvalue weighted by Gasteiger charge is 2.10. The molecule has 3 heteroatoms. The first-order chi connectivity index (χ1) is 8.65. The minimum absolute atomic E-state index is 0.00912. The Balaban J connectivity index is 2.61. The Morgan fingerprint density at radius 3 is 2.61 bits per heavy atom. The van der Waals surface area contributed by atoms with Gasteiger partial charge in [0.25, 0.3) is 5.91 Å². The van der Waals surface area contributed by atoms with E-state index in [2.05, 4.69) is 31.4 Å². The number of hydrogen-bond donors (Lipinski definition) is 2. The normalized spacial score (nSPS) is 10.4. The third-order valence-corrected chi connectivity index (χ3v) is 2.68. The SMILES string of the molecule is CCCCCNC(=O)c1ccccc1NC(C)C. The molecular formula is C15H24N2O. The molecule has 1 rings (SSSR count). The van der Waals surface area contributed by atoms with E-state index in [1.165, 1.54) is 6.42 Å². The van der Waals surface area contributed by atoms with Crippen LogP contribution in [0.5, 0.6) is 0 Å². The first kappa shape index (κ1) is 14.6. The Hall–Kier alpha value is -1.51. The highest BCUT2D eigenvalue weighted by Crippen LogP contribution is 2.15. The Bertz CT molecular complexity index is 375. The summed E-state index contributed by atoms with van der Waals surface area (Å²) in [7, 11) is 0. The zero-order valence-corrected chi connectivity index (χ0v) is 11.6. The highest BCUT2D eigenvalue weighted by molar-refractivity contribution is 5.99. The smallest absolute Gasteiger partial charge is 0.253 e. The lowest BCUT2D eigenvalue weighted by molar-refractivity contribution is 0.0954. The predicted molar refractivity (Wildman–Crippen MR) is 77.1 cm³/mol. The molecule has 1 aromatic carbocycles. The van der Waals surface area contributed by atoms with Crippen LogP contribution in [-0.2, 0) is 0 Å². The van der Waals surface area contributed by atoms with E-state index < -0.39 is 0 Å². The number of rotatable bonds is 7. The Morgan fingerprint density at radius 2 is 1.94 bits per heavy atom. The number of amides is 1. The van der Waals surface area contributed by atoms with Gasteiger partial charge in [-0.1, -0.05) is 31.9 Å². The van der Waals surface area contributed by atoms with Gasteiger partial charge in [0.2, 0.25) is 0 Å². The van der Waals surface area contributed by atoms with E-state index in [1.54, 1.807) is 0 Å². The lowest BCUT2D eigenvalue weighted by Crippen LogP contribution is -2.26. The van der Waals surface area contributed by atoms with Gasteiger partial charge >= 0.3 is 0 Å². The van der Waals surface area contributed by atoms with Gasteiger partial charge in [0.15, 0.2) is 0 Å². The molecule has 0 atom stereocenters. The van der Waals surface area contributed by atoms with Gasteiger partial charge in [0.05, 0.1) is 5.56 Å². The van der Waals surface area contributed by atoms with Crippen molar-refractivity contribution in [2.24, 2.45) is 0 Å². The Kier molecular flexibility index (Phi) is 6.26. The molecule has 0 saturated heterocycles. The predicted octanol–water partition coefficient (Wildman–Crippen LogP) is 3.43. The summed E-state index contributed by atoms with van der Waals surface area (Å²) in [5.74, 6) is 0.00912. The molecule has 0 aliphatic rings. The maximum absolute atomic E-state index is 12.1. The molecule has 0 aliphatic heterocycles. The summed E-state index contributed by atoms with van der Waals surface area (Å²) >= 11 is 0.